The maximum Gasteiger partial charge on any atom is 0.262 e. The number of anilines is 1. The zero-order valence-corrected chi connectivity index (χ0v) is 17.5. The Labute approximate surface area is 183 Å². The number of nitrogens with one attached hydrogen (secondary N) is 1. The van der Waals surface area contributed by atoms with Gasteiger partial charge in [0, 0.05) is 17.3 Å². The van der Waals surface area contributed by atoms with Crippen molar-refractivity contribution in [2.45, 2.75) is 13.8 Å². The van der Waals surface area contributed by atoms with Gasteiger partial charge in [-0.2, -0.15) is 0 Å². The lowest BCUT2D eigenvalue weighted by molar-refractivity contribution is 0.102. The van der Waals surface area contributed by atoms with Gasteiger partial charge in [0.25, 0.3) is 5.91 Å². The number of imidazole rings is 1. The highest BCUT2D eigenvalue weighted by Crippen LogP contribution is 2.32. The van der Waals surface area contributed by atoms with Crippen molar-refractivity contribution in [2.75, 3.05) is 5.32 Å². The van der Waals surface area contributed by atoms with E-state index in [0.717, 1.165) is 16.8 Å². The Bertz CT molecular complexity index is 1440. The van der Waals surface area contributed by atoms with Gasteiger partial charge >= 0.3 is 0 Å². The van der Waals surface area contributed by atoms with Crippen LogP contribution in [-0.4, -0.2) is 20.4 Å². The average Bonchev–Trinajstić information content (AvgIpc) is 3.37. The van der Waals surface area contributed by atoms with E-state index in [9.17, 15) is 9.18 Å². The lowest BCUT2D eigenvalue weighted by Gasteiger charge is -2.09. The Morgan fingerprint density at radius 2 is 1.66 bits per heavy atom. The molecule has 0 unspecified atom stereocenters. The first kappa shape index (κ1) is 19.7. The van der Waals surface area contributed by atoms with E-state index < -0.39 is 0 Å². The van der Waals surface area contributed by atoms with Crippen molar-refractivity contribution in [2.24, 2.45) is 0 Å². The van der Waals surface area contributed by atoms with Crippen LogP contribution in [0.25, 0.3) is 28.2 Å². The number of rotatable bonds is 4. The van der Waals surface area contributed by atoms with Gasteiger partial charge in [0.2, 0.25) is 0 Å². The lowest BCUT2D eigenvalue weighted by Crippen LogP contribution is -2.15. The number of carbonyl (C=O) groups excluding carboxylic acids is 1. The van der Waals surface area contributed by atoms with E-state index >= 15 is 0 Å². The van der Waals surface area contributed by atoms with Gasteiger partial charge in [-0.15, -0.1) is 0 Å². The molecular formula is C25H19FN4O2. The van der Waals surface area contributed by atoms with Crippen LogP contribution in [0.4, 0.5) is 10.2 Å². The van der Waals surface area contributed by atoms with E-state index in [4.69, 9.17) is 9.51 Å². The molecule has 0 aliphatic heterocycles. The number of amides is 1. The van der Waals surface area contributed by atoms with Gasteiger partial charge in [-0.3, -0.25) is 9.20 Å². The molecule has 0 aliphatic carbocycles. The smallest absolute Gasteiger partial charge is 0.262 e. The molecule has 32 heavy (non-hydrogen) atoms. The van der Waals surface area contributed by atoms with Gasteiger partial charge in [-0.25, -0.2) is 9.37 Å². The number of hydrogen-bond acceptors (Lipinski definition) is 4. The van der Waals surface area contributed by atoms with Crippen LogP contribution in [0.3, 0.4) is 0 Å². The summed E-state index contributed by atoms with van der Waals surface area (Å²) >= 11 is 0. The second-order valence-corrected chi connectivity index (χ2v) is 7.48. The highest BCUT2D eigenvalue weighted by molar-refractivity contribution is 6.10. The zero-order chi connectivity index (χ0) is 22.2. The fraction of sp³-hybridized carbons (Fsp3) is 0.0800. The molecule has 0 spiro atoms. The largest absolute Gasteiger partial charge is 0.360 e. The summed E-state index contributed by atoms with van der Waals surface area (Å²) in [5.74, 6) is 0.163. The minimum atomic E-state index is -0.386. The van der Waals surface area contributed by atoms with Crippen LogP contribution in [0.15, 0.2) is 77.4 Å². The van der Waals surface area contributed by atoms with Gasteiger partial charge in [-0.05, 0) is 49.7 Å². The van der Waals surface area contributed by atoms with Crippen molar-refractivity contribution in [3.05, 3.63) is 95.6 Å². The SMILES string of the molecule is Cc1onc(-c2ccc(F)cc2)c1C(=O)Nc1c(-c2ccccc2)nc2c(C)cccn12. The molecule has 0 saturated carbocycles. The van der Waals surface area contributed by atoms with Gasteiger partial charge in [0.05, 0.1) is 0 Å². The molecule has 1 N–H and O–H groups in total. The monoisotopic (exact) mass is 426 g/mol. The van der Waals surface area contributed by atoms with Gasteiger partial charge in [0.15, 0.2) is 0 Å². The summed E-state index contributed by atoms with van der Waals surface area (Å²) in [4.78, 5) is 18.2. The fourth-order valence-electron chi connectivity index (χ4n) is 3.74. The van der Waals surface area contributed by atoms with Crippen LogP contribution in [0, 0.1) is 19.7 Å². The summed E-state index contributed by atoms with van der Waals surface area (Å²) in [6.45, 7) is 3.64. The Hall–Kier alpha value is -4.26. The maximum atomic E-state index is 13.4. The predicted molar refractivity (Wildman–Crippen MR) is 120 cm³/mol. The van der Waals surface area contributed by atoms with Crippen molar-refractivity contribution >= 4 is 17.4 Å². The third-order valence-electron chi connectivity index (χ3n) is 5.33. The van der Waals surface area contributed by atoms with Crippen molar-refractivity contribution in [1.29, 1.82) is 0 Å². The van der Waals surface area contributed by atoms with Crippen LogP contribution in [0.2, 0.25) is 0 Å². The molecule has 0 saturated heterocycles. The molecule has 0 radical (unpaired) electrons. The number of hydrogen-bond donors (Lipinski definition) is 1. The second-order valence-electron chi connectivity index (χ2n) is 7.48. The lowest BCUT2D eigenvalue weighted by atomic mass is 10.1. The normalized spacial score (nSPS) is 11.1. The van der Waals surface area contributed by atoms with Gasteiger partial charge in [-0.1, -0.05) is 41.6 Å². The van der Waals surface area contributed by atoms with Gasteiger partial charge in [0.1, 0.15) is 40.0 Å². The summed E-state index contributed by atoms with van der Waals surface area (Å²) in [6.07, 6.45) is 1.86. The molecule has 0 bridgehead atoms. The third kappa shape index (κ3) is 3.33. The molecule has 0 fully saturated rings. The number of carbonyl (C=O) groups is 1. The summed E-state index contributed by atoms with van der Waals surface area (Å²) in [5.41, 5.74) is 4.51. The quantitative estimate of drug-likeness (QED) is 0.402. The molecule has 2 aromatic carbocycles. The Kier molecular flexibility index (Phi) is 4.78. The molecule has 0 atom stereocenters. The van der Waals surface area contributed by atoms with Crippen LogP contribution >= 0.6 is 0 Å². The molecule has 5 rings (SSSR count). The first-order valence-electron chi connectivity index (χ1n) is 10.1. The van der Waals surface area contributed by atoms with E-state index in [0.29, 0.717) is 34.1 Å². The Balaban J connectivity index is 1.62. The number of halogens is 1. The van der Waals surface area contributed by atoms with Crippen LogP contribution in [0.5, 0.6) is 0 Å². The standard InChI is InChI=1S/C25H19FN4O2/c1-15-7-6-14-30-23(15)27-22(17-8-4-3-5-9-17)24(30)28-25(31)20-16(2)32-29-21(20)18-10-12-19(26)13-11-18/h3-14H,1-2H3,(H,28,31). The van der Waals surface area contributed by atoms with E-state index in [2.05, 4.69) is 10.5 Å². The van der Waals surface area contributed by atoms with Gasteiger partial charge < -0.3 is 9.84 Å². The van der Waals surface area contributed by atoms with Crippen LogP contribution < -0.4 is 5.32 Å². The van der Waals surface area contributed by atoms with E-state index in [-0.39, 0.29) is 11.7 Å². The molecule has 3 heterocycles. The minimum Gasteiger partial charge on any atom is -0.360 e. The van der Waals surface area contributed by atoms with Crippen LogP contribution in [0.1, 0.15) is 21.7 Å². The number of fused-ring (bicyclic) bond motifs is 1. The molecule has 6 nitrogen and oxygen atoms in total. The Morgan fingerprint density at radius 1 is 0.938 bits per heavy atom. The summed E-state index contributed by atoms with van der Waals surface area (Å²) in [7, 11) is 0. The van der Waals surface area contributed by atoms with Crippen molar-refractivity contribution < 1.29 is 13.7 Å². The highest BCUT2D eigenvalue weighted by Gasteiger charge is 2.25. The third-order valence-corrected chi connectivity index (χ3v) is 5.33. The predicted octanol–water partition coefficient (Wildman–Crippen LogP) is 5.66. The topological polar surface area (TPSA) is 72.4 Å². The van der Waals surface area contributed by atoms with Crippen molar-refractivity contribution in [1.82, 2.24) is 14.5 Å². The fourth-order valence-corrected chi connectivity index (χ4v) is 3.74. The molecule has 0 aliphatic rings. The first-order chi connectivity index (χ1) is 15.5. The molecule has 158 valence electrons. The first-order valence-corrected chi connectivity index (χ1v) is 10.1. The number of pyridine rings is 1. The number of benzene rings is 2. The summed E-state index contributed by atoms with van der Waals surface area (Å²) in [6, 6.07) is 19.3. The maximum absolute atomic E-state index is 13.4. The number of nitrogens with zero attached hydrogens (tertiary/aromatic N) is 3. The number of aryl methyl sites for hydroxylation is 2. The Morgan fingerprint density at radius 3 is 2.41 bits per heavy atom. The van der Waals surface area contributed by atoms with Crippen molar-refractivity contribution in [3.8, 4) is 22.5 Å². The molecular weight excluding hydrogens is 407 g/mol. The molecule has 3 aromatic heterocycles. The van der Waals surface area contributed by atoms with E-state index in [1.54, 1.807) is 19.1 Å². The zero-order valence-electron chi connectivity index (χ0n) is 17.5. The molecule has 5 aromatic rings. The van der Waals surface area contributed by atoms with Crippen molar-refractivity contribution in [3.63, 3.8) is 0 Å². The minimum absolute atomic E-state index is 0.290. The van der Waals surface area contributed by atoms with E-state index in [1.807, 2.05) is 60.0 Å². The molecule has 1 amide bonds. The second kappa shape index (κ2) is 7.77. The molecule has 7 heteroatoms. The average molecular weight is 426 g/mol. The number of aromatic nitrogens is 3. The summed E-state index contributed by atoms with van der Waals surface area (Å²) in [5, 5.41) is 7.05. The van der Waals surface area contributed by atoms with E-state index in [1.165, 1.54) is 12.1 Å². The highest BCUT2D eigenvalue weighted by atomic mass is 19.1. The van der Waals surface area contributed by atoms with Crippen LogP contribution in [-0.2, 0) is 0 Å². The summed E-state index contributed by atoms with van der Waals surface area (Å²) < 4.78 is 20.5.